The molecule has 0 fully saturated rings. The Morgan fingerprint density at radius 1 is 0.277 bits per heavy atom. The molecule has 0 amide bonds. The zero-order chi connectivity index (χ0) is 42.6. The molecule has 1 aliphatic heterocycles. The lowest BCUT2D eigenvalue weighted by Gasteiger charge is -2.34. The van der Waals surface area contributed by atoms with Crippen molar-refractivity contribution in [1.82, 2.24) is 4.57 Å². The number of aromatic nitrogens is 1. The van der Waals surface area contributed by atoms with Gasteiger partial charge in [-0.3, -0.25) is 0 Å². The van der Waals surface area contributed by atoms with E-state index in [1.165, 1.54) is 125 Å². The summed E-state index contributed by atoms with van der Waals surface area (Å²) < 4.78 is 2.46. The maximum absolute atomic E-state index is 2.48. The Morgan fingerprint density at radius 2 is 0.831 bits per heavy atom. The van der Waals surface area contributed by atoms with Crippen molar-refractivity contribution < 1.29 is 0 Å². The molecule has 0 radical (unpaired) electrons. The number of rotatable bonds is 4. The van der Waals surface area contributed by atoms with E-state index in [4.69, 9.17) is 0 Å². The molecule has 0 spiro atoms. The summed E-state index contributed by atoms with van der Waals surface area (Å²) in [7, 11) is 0. The van der Waals surface area contributed by atoms with Crippen LogP contribution in [0.3, 0.4) is 0 Å². The number of hydrogen-bond acceptors (Lipinski definition) is 2. The maximum atomic E-state index is 2.48. The predicted octanol–water partition coefficient (Wildman–Crippen LogP) is 17.8. The Kier molecular flexibility index (Phi) is 7.95. The second-order valence-corrected chi connectivity index (χ2v) is 18.3. The third-order valence-corrected chi connectivity index (χ3v) is 14.9. The molecule has 12 aromatic carbocycles. The number of fused-ring (bicyclic) bond motifs is 14. The fourth-order valence-corrected chi connectivity index (χ4v) is 11.9. The van der Waals surface area contributed by atoms with Crippen molar-refractivity contribution in [1.29, 1.82) is 0 Å². The van der Waals surface area contributed by atoms with Crippen molar-refractivity contribution in [2.24, 2.45) is 0 Å². The second kappa shape index (κ2) is 14.2. The van der Waals surface area contributed by atoms with Crippen molar-refractivity contribution in [2.45, 2.75) is 9.79 Å². The van der Waals surface area contributed by atoms with E-state index >= 15 is 0 Å². The first kappa shape index (κ1) is 36.4. The van der Waals surface area contributed by atoms with Crippen molar-refractivity contribution in [2.75, 3.05) is 4.90 Å². The highest BCUT2D eigenvalue weighted by atomic mass is 32.2. The predicted molar refractivity (Wildman–Crippen MR) is 278 cm³/mol. The van der Waals surface area contributed by atoms with E-state index in [-0.39, 0.29) is 0 Å². The molecule has 0 bridgehead atoms. The number of nitrogens with zero attached hydrogens (tertiary/aromatic N) is 2. The van der Waals surface area contributed by atoms with Crippen LogP contribution in [0.25, 0.3) is 104 Å². The molecule has 0 unspecified atom stereocenters. The molecule has 14 rings (SSSR count). The van der Waals surface area contributed by atoms with Crippen LogP contribution in [-0.2, 0) is 0 Å². The van der Waals surface area contributed by atoms with Gasteiger partial charge >= 0.3 is 0 Å². The zero-order valence-corrected chi connectivity index (χ0v) is 36.1. The van der Waals surface area contributed by atoms with Crippen molar-refractivity contribution in [3.8, 4) is 27.9 Å². The van der Waals surface area contributed by atoms with Crippen LogP contribution in [0.4, 0.5) is 17.1 Å². The molecule has 2 nitrogen and oxygen atoms in total. The molecular formula is C62H38N2S. The standard InChI is InChI=1S/C62H38N2S/c1-2-13-39(14-3-1)42-25-30-50-51-31-29-45(38-54(51)49-21-9-8-20-48(49)53(50)35-42)63-57-23-11-10-22-52(57)55-36-43(27-32-58(55)63)44-28-33-59-61(37-44)65-62-47-19-7-5-16-41(47)26-34-60(62)64(59)56-24-12-17-40-15-4-6-18-46(40)56/h1-38H. The molecule has 0 aliphatic carbocycles. The van der Waals surface area contributed by atoms with E-state index in [1.807, 2.05) is 11.8 Å². The molecule has 3 heteroatoms. The number of hydrogen-bond donors (Lipinski definition) is 0. The molecule has 0 N–H and O–H groups in total. The van der Waals surface area contributed by atoms with Crippen LogP contribution in [0.5, 0.6) is 0 Å². The van der Waals surface area contributed by atoms with Crippen LogP contribution in [0.1, 0.15) is 0 Å². The Morgan fingerprint density at radius 3 is 1.66 bits per heavy atom. The minimum absolute atomic E-state index is 1.16. The number of benzene rings is 12. The van der Waals surface area contributed by atoms with Gasteiger partial charge in [-0.1, -0.05) is 182 Å². The highest BCUT2D eigenvalue weighted by Gasteiger charge is 2.28. The summed E-state index contributed by atoms with van der Waals surface area (Å²) in [6, 6.07) is 85.3. The maximum Gasteiger partial charge on any atom is 0.0608 e. The van der Waals surface area contributed by atoms with Gasteiger partial charge in [-0.2, -0.15) is 0 Å². The number of anilines is 3. The molecule has 0 saturated heterocycles. The van der Waals surface area contributed by atoms with Crippen LogP contribution in [0.2, 0.25) is 0 Å². The summed E-state index contributed by atoms with van der Waals surface area (Å²) in [6.07, 6.45) is 0. The summed E-state index contributed by atoms with van der Waals surface area (Å²) in [5.41, 5.74) is 12.0. The van der Waals surface area contributed by atoms with Gasteiger partial charge in [0.2, 0.25) is 0 Å². The third kappa shape index (κ3) is 5.56. The van der Waals surface area contributed by atoms with Gasteiger partial charge in [-0.05, 0) is 131 Å². The molecule has 13 aromatic rings. The van der Waals surface area contributed by atoms with E-state index in [0.29, 0.717) is 0 Å². The summed E-state index contributed by atoms with van der Waals surface area (Å²) in [4.78, 5) is 5.01. The normalized spacial score (nSPS) is 12.5. The minimum Gasteiger partial charge on any atom is -0.309 e. The van der Waals surface area contributed by atoms with Crippen LogP contribution >= 0.6 is 11.8 Å². The molecule has 302 valence electrons. The summed E-state index contributed by atoms with van der Waals surface area (Å²) in [5, 5.41) is 15.1. The Labute approximate surface area is 380 Å². The van der Waals surface area contributed by atoms with E-state index in [0.717, 1.165) is 5.69 Å². The van der Waals surface area contributed by atoms with Gasteiger partial charge in [0.15, 0.2) is 0 Å². The number of para-hydroxylation sites is 1. The van der Waals surface area contributed by atoms with Crippen molar-refractivity contribution in [3.05, 3.63) is 231 Å². The monoisotopic (exact) mass is 842 g/mol. The van der Waals surface area contributed by atoms with E-state index in [9.17, 15) is 0 Å². The Balaban J connectivity index is 0.920. The Bertz CT molecular complexity index is 4080. The van der Waals surface area contributed by atoms with Gasteiger partial charge in [-0.15, -0.1) is 0 Å². The average molecular weight is 843 g/mol. The molecule has 2 heterocycles. The van der Waals surface area contributed by atoms with Gasteiger partial charge < -0.3 is 9.47 Å². The van der Waals surface area contributed by atoms with Crippen LogP contribution in [0.15, 0.2) is 240 Å². The van der Waals surface area contributed by atoms with Gasteiger partial charge in [0, 0.05) is 31.6 Å². The van der Waals surface area contributed by atoms with Crippen molar-refractivity contribution in [3.63, 3.8) is 0 Å². The first-order chi connectivity index (χ1) is 32.2. The van der Waals surface area contributed by atoms with Crippen LogP contribution in [0, 0.1) is 0 Å². The quantitative estimate of drug-likeness (QED) is 0.163. The summed E-state index contributed by atoms with van der Waals surface area (Å²) >= 11 is 1.89. The lowest BCUT2D eigenvalue weighted by molar-refractivity contribution is 1.18. The first-order valence-corrected chi connectivity index (χ1v) is 23.1. The van der Waals surface area contributed by atoms with Crippen LogP contribution in [-0.4, -0.2) is 4.57 Å². The SMILES string of the molecule is c1ccc(-c2ccc3c4ccc(-n5c6ccccc6c6cc(-c7ccc8c(c7)Sc7c(ccc9ccccc79)N8c7cccc8ccccc78)ccc65)cc4c4ccccc4c3c2)cc1. The lowest BCUT2D eigenvalue weighted by Crippen LogP contribution is -2.15. The molecule has 0 saturated carbocycles. The fraction of sp³-hybridized carbons (Fsp3) is 0. The van der Waals surface area contributed by atoms with Gasteiger partial charge in [-0.25, -0.2) is 0 Å². The Hall–Kier alpha value is -8.11. The highest BCUT2D eigenvalue weighted by molar-refractivity contribution is 8.00. The van der Waals surface area contributed by atoms with Gasteiger partial charge in [0.25, 0.3) is 0 Å². The lowest BCUT2D eigenvalue weighted by atomic mass is 9.92. The molecule has 65 heavy (non-hydrogen) atoms. The smallest absolute Gasteiger partial charge is 0.0608 e. The van der Waals surface area contributed by atoms with Gasteiger partial charge in [0.1, 0.15) is 0 Å². The van der Waals surface area contributed by atoms with Crippen molar-refractivity contribution >= 4 is 104 Å². The molecule has 0 atom stereocenters. The summed E-state index contributed by atoms with van der Waals surface area (Å²) in [5.74, 6) is 0. The molecule has 1 aromatic heterocycles. The zero-order valence-electron chi connectivity index (χ0n) is 35.2. The van der Waals surface area contributed by atoms with Crippen LogP contribution < -0.4 is 4.90 Å². The topological polar surface area (TPSA) is 8.17 Å². The largest absolute Gasteiger partial charge is 0.309 e. The average Bonchev–Trinajstić information content (AvgIpc) is 3.71. The molecular weight excluding hydrogens is 805 g/mol. The van der Waals surface area contributed by atoms with Gasteiger partial charge in [0.05, 0.1) is 28.1 Å². The second-order valence-electron chi connectivity index (χ2n) is 17.2. The summed E-state index contributed by atoms with van der Waals surface area (Å²) in [6.45, 7) is 0. The van der Waals surface area contributed by atoms with E-state index < -0.39 is 0 Å². The fourth-order valence-electron chi connectivity index (χ4n) is 10.7. The highest BCUT2D eigenvalue weighted by Crippen LogP contribution is 2.55. The minimum atomic E-state index is 1.16. The third-order valence-electron chi connectivity index (χ3n) is 13.7. The molecule has 1 aliphatic rings. The van der Waals surface area contributed by atoms with E-state index in [1.54, 1.807) is 0 Å². The van der Waals surface area contributed by atoms with E-state index in [2.05, 4.69) is 240 Å². The first-order valence-electron chi connectivity index (χ1n) is 22.3.